The van der Waals surface area contributed by atoms with Crippen molar-refractivity contribution in [1.82, 2.24) is 4.90 Å². The lowest BCUT2D eigenvalue weighted by Crippen LogP contribution is -2.41. The van der Waals surface area contributed by atoms with Gasteiger partial charge in [0.25, 0.3) is 5.91 Å². The highest BCUT2D eigenvalue weighted by molar-refractivity contribution is 6.00. The van der Waals surface area contributed by atoms with Crippen molar-refractivity contribution in [1.29, 1.82) is 0 Å². The highest BCUT2D eigenvalue weighted by Gasteiger charge is 2.25. The standard InChI is InChI=1S/C14H20N2O3/c1-19-12-6-2-5-11(13(12)15)14(18)16-7-3-4-10(8-16)9-17/h2,5-6,10,17H,3-4,7-9,15H2,1H3. The summed E-state index contributed by atoms with van der Waals surface area (Å²) >= 11 is 0. The summed E-state index contributed by atoms with van der Waals surface area (Å²) in [6, 6.07) is 5.21. The summed E-state index contributed by atoms with van der Waals surface area (Å²) in [7, 11) is 1.53. The van der Waals surface area contributed by atoms with E-state index in [1.54, 1.807) is 23.1 Å². The maximum Gasteiger partial charge on any atom is 0.256 e. The minimum Gasteiger partial charge on any atom is -0.495 e. The van der Waals surface area contributed by atoms with E-state index in [-0.39, 0.29) is 18.4 Å². The lowest BCUT2D eigenvalue weighted by molar-refractivity contribution is 0.0621. The topological polar surface area (TPSA) is 75.8 Å². The Labute approximate surface area is 113 Å². The normalized spacial score (nSPS) is 19.3. The smallest absolute Gasteiger partial charge is 0.256 e. The van der Waals surface area contributed by atoms with Crippen LogP contribution in [0.2, 0.25) is 0 Å². The van der Waals surface area contributed by atoms with Gasteiger partial charge in [0.1, 0.15) is 5.75 Å². The van der Waals surface area contributed by atoms with Gasteiger partial charge in [-0.1, -0.05) is 6.07 Å². The molecule has 1 fully saturated rings. The molecule has 1 heterocycles. The van der Waals surface area contributed by atoms with E-state index >= 15 is 0 Å². The number of nitrogens with two attached hydrogens (primary N) is 1. The summed E-state index contributed by atoms with van der Waals surface area (Å²) in [5.74, 6) is 0.598. The SMILES string of the molecule is COc1cccc(C(=O)N2CCCC(CO)C2)c1N. The van der Waals surface area contributed by atoms with E-state index in [2.05, 4.69) is 0 Å². The molecule has 0 bridgehead atoms. The van der Waals surface area contributed by atoms with Crippen molar-refractivity contribution in [2.24, 2.45) is 5.92 Å². The molecule has 19 heavy (non-hydrogen) atoms. The number of ether oxygens (including phenoxy) is 1. The maximum atomic E-state index is 12.5. The summed E-state index contributed by atoms with van der Waals surface area (Å²) in [4.78, 5) is 14.2. The third-order valence-electron chi connectivity index (χ3n) is 3.58. The Morgan fingerprint density at radius 3 is 3.05 bits per heavy atom. The van der Waals surface area contributed by atoms with Crippen molar-refractivity contribution < 1.29 is 14.6 Å². The van der Waals surface area contributed by atoms with Crippen LogP contribution in [0.25, 0.3) is 0 Å². The molecule has 1 atom stereocenters. The minimum atomic E-state index is -0.0884. The highest BCUT2D eigenvalue weighted by Crippen LogP contribution is 2.27. The largest absolute Gasteiger partial charge is 0.495 e. The first-order valence-corrected chi connectivity index (χ1v) is 6.50. The fraction of sp³-hybridized carbons (Fsp3) is 0.500. The molecule has 1 aromatic carbocycles. The second kappa shape index (κ2) is 5.93. The molecule has 1 unspecified atom stereocenters. The number of methoxy groups -OCH3 is 1. The molecule has 0 aliphatic carbocycles. The lowest BCUT2D eigenvalue weighted by atomic mass is 9.98. The van der Waals surface area contributed by atoms with Gasteiger partial charge in [0.05, 0.1) is 18.4 Å². The second-order valence-corrected chi connectivity index (χ2v) is 4.86. The number of piperidine rings is 1. The number of para-hydroxylation sites is 1. The summed E-state index contributed by atoms with van der Waals surface area (Å²) in [6.45, 7) is 1.43. The average Bonchev–Trinajstić information content (AvgIpc) is 2.47. The van der Waals surface area contributed by atoms with Crippen LogP contribution in [0.4, 0.5) is 5.69 Å². The van der Waals surface area contributed by atoms with Crippen LogP contribution >= 0.6 is 0 Å². The van der Waals surface area contributed by atoms with E-state index in [4.69, 9.17) is 10.5 Å². The number of hydrogen-bond donors (Lipinski definition) is 2. The quantitative estimate of drug-likeness (QED) is 0.802. The molecule has 1 aromatic rings. The van der Waals surface area contributed by atoms with Crippen molar-refractivity contribution >= 4 is 11.6 Å². The fourth-order valence-electron chi connectivity index (χ4n) is 2.48. The molecule has 5 heteroatoms. The number of anilines is 1. The summed E-state index contributed by atoms with van der Waals surface area (Å²) < 4.78 is 5.13. The van der Waals surface area contributed by atoms with Crippen LogP contribution in [-0.4, -0.2) is 42.7 Å². The van der Waals surface area contributed by atoms with Gasteiger partial charge in [-0.05, 0) is 30.9 Å². The molecule has 3 N–H and O–H groups in total. The Morgan fingerprint density at radius 2 is 2.37 bits per heavy atom. The first-order chi connectivity index (χ1) is 9.17. The lowest BCUT2D eigenvalue weighted by Gasteiger charge is -2.32. The van der Waals surface area contributed by atoms with Gasteiger partial charge in [-0.2, -0.15) is 0 Å². The number of nitrogens with zero attached hydrogens (tertiary/aromatic N) is 1. The number of benzene rings is 1. The van der Waals surface area contributed by atoms with Gasteiger partial charge >= 0.3 is 0 Å². The molecule has 5 nitrogen and oxygen atoms in total. The van der Waals surface area contributed by atoms with Gasteiger partial charge in [-0.15, -0.1) is 0 Å². The van der Waals surface area contributed by atoms with Crippen molar-refractivity contribution in [2.75, 3.05) is 32.5 Å². The molecule has 1 saturated heterocycles. The third kappa shape index (κ3) is 2.81. The molecule has 0 saturated carbocycles. The Morgan fingerprint density at radius 1 is 1.58 bits per heavy atom. The van der Waals surface area contributed by atoms with Crippen LogP contribution in [0.5, 0.6) is 5.75 Å². The number of carbonyl (C=O) groups excluding carboxylic acids is 1. The molecule has 0 aromatic heterocycles. The van der Waals surface area contributed by atoms with Crippen LogP contribution in [-0.2, 0) is 0 Å². The van der Waals surface area contributed by atoms with Crippen molar-refractivity contribution in [3.63, 3.8) is 0 Å². The van der Waals surface area contributed by atoms with Crippen LogP contribution in [0.3, 0.4) is 0 Å². The summed E-state index contributed by atoms with van der Waals surface area (Å²) in [5, 5.41) is 9.22. The highest BCUT2D eigenvalue weighted by atomic mass is 16.5. The van der Waals surface area contributed by atoms with Gasteiger partial charge < -0.3 is 20.5 Å². The third-order valence-corrected chi connectivity index (χ3v) is 3.58. The Kier molecular flexibility index (Phi) is 4.27. The van der Waals surface area contributed by atoms with E-state index in [1.807, 2.05) is 0 Å². The van der Waals surface area contributed by atoms with Crippen molar-refractivity contribution in [2.45, 2.75) is 12.8 Å². The molecule has 2 rings (SSSR count). The van der Waals surface area contributed by atoms with E-state index in [9.17, 15) is 9.90 Å². The predicted octanol–water partition coefficient (Wildman–Crippen LogP) is 1.12. The van der Waals surface area contributed by atoms with Crippen molar-refractivity contribution in [3.8, 4) is 5.75 Å². The molecule has 1 aliphatic rings. The number of nitrogen functional groups attached to an aromatic ring is 1. The number of aliphatic hydroxyl groups is 1. The maximum absolute atomic E-state index is 12.5. The molecular formula is C14H20N2O3. The Hall–Kier alpha value is -1.75. The zero-order chi connectivity index (χ0) is 13.8. The summed E-state index contributed by atoms with van der Waals surface area (Å²) in [6.07, 6.45) is 1.88. The average molecular weight is 264 g/mol. The first-order valence-electron chi connectivity index (χ1n) is 6.50. The zero-order valence-corrected chi connectivity index (χ0v) is 11.1. The number of carbonyl (C=O) groups is 1. The van der Waals surface area contributed by atoms with Gasteiger partial charge in [0.2, 0.25) is 0 Å². The van der Waals surface area contributed by atoms with Crippen LogP contribution < -0.4 is 10.5 Å². The van der Waals surface area contributed by atoms with E-state index in [0.717, 1.165) is 12.8 Å². The number of hydrogen-bond acceptors (Lipinski definition) is 4. The fourth-order valence-corrected chi connectivity index (χ4v) is 2.48. The van der Waals surface area contributed by atoms with Gasteiger partial charge in [0.15, 0.2) is 0 Å². The van der Waals surface area contributed by atoms with Crippen LogP contribution in [0.15, 0.2) is 18.2 Å². The Bertz CT molecular complexity index is 462. The first kappa shape index (κ1) is 13.7. The monoisotopic (exact) mass is 264 g/mol. The van der Waals surface area contributed by atoms with E-state index in [0.29, 0.717) is 30.1 Å². The van der Waals surface area contributed by atoms with Crippen LogP contribution in [0, 0.1) is 5.92 Å². The zero-order valence-electron chi connectivity index (χ0n) is 11.1. The molecule has 1 aliphatic heterocycles. The van der Waals surface area contributed by atoms with E-state index in [1.165, 1.54) is 7.11 Å². The van der Waals surface area contributed by atoms with Gasteiger partial charge in [0, 0.05) is 19.7 Å². The van der Waals surface area contributed by atoms with Crippen LogP contribution in [0.1, 0.15) is 23.2 Å². The number of rotatable bonds is 3. The second-order valence-electron chi connectivity index (χ2n) is 4.86. The predicted molar refractivity (Wildman–Crippen MR) is 73.1 cm³/mol. The minimum absolute atomic E-state index is 0.0884. The molecule has 0 radical (unpaired) electrons. The molecule has 0 spiro atoms. The summed E-state index contributed by atoms with van der Waals surface area (Å²) in [5.41, 5.74) is 6.79. The van der Waals surface area contributed by atoms with Gasteiger partial charge in [-0.25, -0.2) is 0 Å². The number of likely N-dealkylation sites (tertiary alicyclic amines) is 1. The Balaban J connectivity index is 2.19. The van der Waals surface area contributed by atoms with Gasteiger partial charge in [-0.3, -0.25) is 4.79 Å². The van der Waals surface area contributed by atoms with Crippen molar-refractivity contribution in [3.05, 3.63) is 23.8 Å². The molecular weight excluding hydrogens is 244 g/mol. The number of amides is 1. The molecule has 104 valence electrons. The number of aliphatic hydroxyl groups excluding tert-OH is 1. The molecule has 1 amide bonds. The van der Waals surface area contributed by atoms with E-state index < -0.39 is 0 Å².